The molecule has 0 radical (unpaired) electrons. The molecular weight excluding hydrogens is 258 g/mol. The largest absolute Gasteiger partial charge is 0.497 e. The molecule has 3 unspecified atom stereocenters. The van der Waals surface area contributed by atoms with E-state index >= 15 is 0 Å². The fraction of sp³-hybridized carbons (Fsp3) is 0.600. The van der Waals surface area contributed by atoms with Crippen molar-refractivity contribution in [3.05, 3.63) is 29.3 Å². The summed E-state index contributed by atoms with van der Waals surface area (Å²) in [4.78, 5) is 0. The fourth-order valence-corrected chi connectivity index (χ4v) is 4.53. The summed E-state index contributed by atoms with van der Waals surface area (Å²) in [6, 6.07) is 6.41. The summed E-state index contributed by atoms with van der Waals surface area (Å²) in [6.07, 6.45) is 2.99. The quantitative estimate of drug-likeness (QED) is 0.901. The molecule has 1 aliphatic rings. The molecule has 0 fully saturated rings. The van der Waals surface area contributed by atoms with Crippen LogP contribution in [0.15, 0.2) is 18.2 Å². The minimum atomic E-state index is -0.756. The predicted molar refractivity (Wildman–Crippen MR) is 80.2 cm³/mol. The number of ether oxygens (including phenoxy) is 1. The van der Waals surface area contributed by atoms with E-state index in [1.807, 2.05) is 13.1 Å². The van der Waals surface area contributed by atoms with Crippen LogP contribution in [0.3, 0.4) is 0 Å². The topological polar surface area (TPSA) is 38.3 Å². The van der Waals surface area contributed by atoms with Crippen LogP contribution < -0.4 is 10.1 Å². The molecule has 1 N–H and O–H groups in total. The van der Waals surface area contributed by atoms with Gasteiger partial charge >= 0.3 is 0 Å². The Hall–Kier alpha value is -0.870. The molecule has 4 heteroatoms. The summed E-state index contributed by atoms with van der Waals surface area (Å²) >= 11 is 0. The Bertz CT molecular complexity index is 461. The first-order valence-corrected chi connectivity index (χ1v) is 8.30. The van der Waals surface area contributed by atoms with E-state index in [1.54, 1.807) is 7.11 Å². The highest BCUT2D eigenvalue weighted by atomic mass is 32.2. The van der Waals surface area contributed by atoms with Gasteiger partial charge in [-0.2, -0.15) is 0 Å². The van der Waals surface area contributed by atoms with Crippen molar-refractivity contribution in [3.63, 3.8) is 0 Å². The average molecular weight is 281 g/mol. The molecule has 0 aliphatic heterocycles. The van der Waals surface area contributed by atoms with Crippen molar-refractivity contribution < 1.29 is 8.95 Å². The summed E-state index contributed by atoms with van der Waals surface area (Å²) in [6.45, 7) is 2.09. The normalized spacial score (nSPS) is 23.7. The van der Waals surface area contributed by atoms with Crippen LogP contribution >= 0.6 is 0 Å². The number of methoxy groups -OCH3 is 1. The van der Waals surface area contributed by atoms with Crippen LogP contribution in [0.4, 0.5) is 0 Å². The average Bonchev–Trinajstić information content (AvgIpc) is 2.45. The molecule has 0 amide bonds. The number of fused-ring (bicyclic) bond motifs is 1. The zero-order valence-electron chi connectivity index (χ0n) is 11.9. The second-order valence-corrected chi connectivity index (χ2v) is 6.77. The first-order chi connectivity index (χ1) is 9.21. The zero-order valence-corrected chi connectivity index (χ0v) is 12.8. The van der Waals surface area contributed by atoms with Gasteiger partial charge in [0.15, 0.2) is 0 Å². The number of hydrogen-bond acceptors (Lipinski definition) is 3. The van der Waals surface area contributed by atoms with Gasteiger partial charge < -0.3 is 10.1 Å². The van der Waals surface area contributed by atoms with Gasteiger partial charge in [0.25, 0.3) is 0 Å². The number of rotatable bonds is 5. The Balaban J connectivity index is 2.31. The third-order valence-corrected chi connectivity index (χ3v) is 5.81. The molecule has 3 atom stereocenters. The summed E-state index contributed by atoms with van der Waals surface area (Å²) in [5.41, 5.74) is 2.60. The Labute approximate surface area is 118 Å². The maximum Gasteiger partial charge on any atom is 0.119 e. The number of aryl methyl sites for hydroxylation is 1. The SMILES string of the molecule is CCCS(=O)C1CCc2ccc(OC)cc2C1NC. The van der Waals surface area contributed by atoms with Gasteiger partial charge in [-0.25, -0.2) is 0 Å². The van der Waals surface area contributed by atoms with Crippen molar-refractivity contribution in [1.29, 1.82) is 0 Å². The Morgan fingerprint density at radius 2 is 2.26 bits per heavy atom. The molecule has 0 saturated heterocycles. The molecule has 3 nitrogen and oxygen atoms in total. The van der Waals surface area contributed by atoms with Gasteiger partial charge in [0, 0.05) is 22.6 Å². The van der Waals surface area contributed by atoms with E-state index in [0.29, 0.717) is 0 Å². The smallest absolute Gasteiger partial charge is 0.119 e. The van der Waals surface area contributed by atoms with Gasteiger partial charge in [-0.15, -0.1) is 0 Å². The van der Waals surface area contributed by atoms with E-state index in [9.17, 15) is 4.21 Å². The van der Waals surface area contributed by atoms with Crippen LogP contribution in [0.25, 0.3) is 0 Å². The van der Waals surface area contributed by atoms with E-state index in [2.05, 4.69) is 24.4 Å². The maximum absolute atomic E-state index is 12.4. The predicted octanol–water partition coefficient (Wildman–Crippen LogP) is 2.43. The first kappa shape index (κ1) is 14.5. The van der Waals surface area contributed by atoms with Crippen molar-refractivity contribution >= 4 is 10.8 Å². The van der Waals surface area contributed by atoms with Gasteiger partial charge in [-0.1, -0.05) is 13.0 Å². The molecule has 1 aliphatic carbocycles. The lowest BCUT2D eigenvalue weighted by Crippen LogP contribution is -2.37. The highest BCUT2D eigenvalue weighted by Crippen LogP contribution is 2.35. The molecule has 0 bridgehead atoms. The lowest BCUT2D eigenvalue weighted by Gasteiger charge is -2.33. The van der Waals surface area contributed by atoms with E-state index in [1.165, 1.54) is 11.1 Å². The number of nitrogens with one attached hydrogen (secondary N) is 1. The van der Waals surface area contributed by atoms with Crippen molar-refractivity contribution in [3.8, 4) is 5.75 Å². The summed E-state index contributed by atoms with van der Waals surface area (Å²) in [7, 11) is 2.88. The number of benzene rings is 1. The zero-order chi connectivity index (χ0) is 13.8. The lowest BCUT2D eigenvalue weighted by atomic mass is 9.87. The van der Waals surface area contributed by atoms with Gasteiger partial charge in [-0.3, -0.25) is 4.21 Å². The Kier molecular flexibility index (Phi) is 4.99. The fourth-order valence-electron chi connectivity index (χ4n) is 2.86. The Morgan fingerprint density at radius 1 is 1.47 bits per heavy atom. The molecule has 0 saturated carbocycles. The van der Waals surface area contributed by atoms with Crippen LogP contribution in [0, 0.1) is 0 Å². The van der Waals surface area contributed by atoms with Crippen LogP contribution in [-0.2, 0) is 17.2 Å². The molecule has 19 heavy (non-hydrogen) atoms. The maximum atomic E-state index is 12.4. The number of hydrogen-bond donors (Lipinski definition) is 1. The minimum absolute atomic E-state index is 0.172. The summed E-state index contributed by atoms with van der Waals surface area (Å²) in [5.74, 6) is 1.67. The van der Waals surface area contributed by atoms with E-state index in [0.717, 1.165) is 30.8 Å². The highest BCUT2D eigenvalue weighted by Gasteiger charge is 2.32. The second kappa shape index (κ2) is 6.53. The molecule has 0 spiro atoms. The first-order valence-electron chi connectivity index (χ1n) is 6.92. The van der Waals surface area contributed by atoms with Crippen LogP contribution in [0.5, 0.6) is 5.75 Å². The van der Waals surface area contributed by atoms with Crippen molar-refractivity contribution in [1.82, 2.24) is 5.32 Å². The van der Waals surface area contributed by atoms with Crippen LogP contribution in [-0.4, -0.2) is 29.4 Å². The minimum Gasteiger partial charge on any atom is -0.497 e. The highest BCUT2D eigenvalue weighted by molar-refractivity contribution is 7.85. The summed E-state index contributed by atoms with van der Waals surface area (Å²) in [5, 5.41) is 3.56. The summed E-state index contributed by atoms with van der Waals surface area (Å²) < 4.78 is 17.7. The monoisotopic (exact) mass is 281 g/mol. The molecule has 106 valence electrons. The third-order valence-electron chi connectivity index (χ3n) is 3.81. The van der Waals surface area contributed by atoms with Crippen LogP contribution in [0.1, 0.15) is 36.9 Å². The van der Waals surface area contributed by atoms with Crippen molar-refractivity contribution in [2.24, 2.45) is 0 Å². The molecule has 1 aromatic carbocycles. The standard InChI is InChI=1S/C15H23NO2S/c1-4-9-19(17)14-8-6-11-5-7-12(18-3)10-13(11)15(14)16-2/h5,7,10,14-16H,4,6,8-9H2,1-3H3. The van der Waals surface area contributed by atoms with E-state index in [-0.39, 0.29) is 11.3 Å². The second-order valence-electron chi connectivity index (χ2n) is 4.99. The Morgan fingerprint density at radius 3 is 2.89 bits per heavy atom. The van der Waals surface area contributed by atoms with Crippen LogP contribution in [0.2, 0.25) is 0 Å². The van der Waals surface area contributed by atoms with Crippen molar-refractivity contribution in [2.75, 3.05) is 19.9 Å². The molecule has 2 rings (SSSR count). The van der Waals surface area contributed by atoms with E-state index in [4.69, 9.17) is 4.74 Å². The molecule has 1 aromatic rings. The molecule has 0 heterocycles. The van der Waals surface area contributed by atoms with Gasteiger partial charge in [0.1, 0.15) is 5.75 Å². The van der Waals surface area contributed by atoms with Crippen molar-refractivity contribution in [2.45, 2.75) is 37.5 Å². The lowest BCUT2D eigenvalue weighted by molar-refractivity contribution is 0.411. The third kappa shape index (κ3) is 3.00. The van der Waals surface area contributed by atoms with E-state index < -0.39 is 10.8 Å². The van der Waals surface area contributed by atoms with Gasteiger partial charge in [0.2, 0.25) is 0 Å². The van der Waals surface area contributed by atoms with Gasteiger partial charge in [0.05, 0.1) is 12.4 Å². The molecular formula is C15H23NO2S. The molecule has 0 aromatic heterocycles. The van der Waals surface area contributed by atoms with Gasteiger partial charge in [-0.05, 0) is 49.6 Å².